The summed E-state index contributed by atoms with van der Waals surface area (Å²) in [6.07, 6.45) is 1.65. The fraction of sp³-hybridized carbons (Fsp3) is 0.440. The van der Waals surface area contributed by atoms with Crippen LogP contribution in [0.1, 0.15) is 44.7 Å². The molecular formula is C25H33BrN2O4. The summed E-state index contributed by atoms with van der Waals surface area (Å²) in [4.78, 5) is 27.7. The molecule has 2 rings (SSSR count). The predicted octanol–water partition coefficient (Wildman–Crippen LogP) is 4.73. The van der Waals surface area contributed by atoms with Crippen LogP contribution in [0.15, 0.2) is 46.9 Å². The Morgan fingerprint density at radius 3 is 2.22 bits per heavy atom. The Bertz CT molecular complexity index is 901. The van der Waals surface area contributed by atoms with Crippen LogP contribution in [0.5, 0.6) is 11.5 Å². The van der Waals surface area contributed by atoms with Gasteiger partial charge in [0, 0.05) is 23.5 Å². The molecule has 174 valence electrons. The molecule has 0 fully saturated rings. The van der Waals surface area contributed by atoms with Crippen molar-refractivity contribution in [3.8, 4) is 11.5 Å². The van der Waals surface area contributed by atoms with Crippen LogP contribution in [0, 0.1) is 0 Å². The Kier molecular flexibility index (Phi) is 10.0. The molecule has 1 N–H and O–H groups in total. The predicted molar refractivity (Wildman–Crippen MR) is 130 cm³/mol. The maximum atomic E-state index is 13.2. The first-order chi connectivity index (χ1) is 15.3. The van der Waals surface area contributed by atoms with Crippen molar-refractivity contribution in [3.63, 3.8) is 0 Å². The molecular weight excluding hydrogens is 472 g/mol. The molecule has 0 aliphatic rings. The molecule has 0 heterocycles. The number of halogens is 1. The second kappa shape index (κ2) is 12.5. The highest BCUT2D eigenvalue weighted by Gasteiger charge is 2.26. The van der Waals surface area contributed by atoms with Crippen LogP contribution in [0.25, 0.3) is 0 Å². The van der Waals surface area contributed by atoms with E-state index >= 15 is 0 Å². The van der Waals surface area contributed by atoms with Crippen LogP contribution in [0.3, 0.4) is 0 Å². The van der Waals surface area contributed by atoms with Gasteiger partial charge < -0.3 is 19.7 Å². The normalized spacial score (nSPS) is 12.6. The van der Waals surface area contributed by atoms with Gasteiger partial charge in [0.1, 0.15) is 6.04 Å². The third-order valence-electron chi connectivity index (χ3n) is 5.51. The number of ether oxygens (including phenoxy) is 2. The maximum Gasteiger partial charge on any atom is 0.242 e. The van der Waals surface area contributed by atoms with E-state index in [1.54, 1.807) is 26.0 Å². The number of methoxy groups -OCH3 is 2. The summed E-state index contributed by atoms with van der Waals surface area (Å²) in [6.45, 7) is 6.13. The lowest BCUT2D eigenvalue weighted by Gasteiger charge is -2.30. The summed E-state index contributed by atoms with van der Waals surface area (Å²) in [7, 11) is 3.18. The summed E-state index contributed by atoms with van der Waals surface area (Å²) < 4.78 is 11.6. The van der Waals surface area contributed by atoms with Gasteiger partial charge in [-0.25, -0.2) is 0 Å². The van der Waals surface area contributed by atoms with Crippen LogP contribution in [0.4, 0.5) is 0 Å². The van der Waals surface area contributed by atoms with Crippen LogP contribution in [-0.2, 0) is 22.6 Å². The summed E-state index contributed by atoms with van der Waals surface area (Å²) in [6, 6.07) is 12.9. The lowest BCUT2D eigenvalue weighted by atomic mass is 10.1. The second-order valence-corrected chi connectivity index (χ2v) is 8.75. The number of benzene rings is 2. The van der Waals surface area contributed by atoms with Gasteiger partial charge in [0.25, 0.3) is 0 Å². The zero-order valence-corrected chi connectivity index (χ0v) is 21.1. The average Bonchev–Trinajstić information content (AvgIpc) is 2.81. The monoisotopic (exact) mass is 504 g/mol. The highest BCUT2D eigenvalue weighted by atomic mass is 79.9. The van der Waals surface area contributed by atoms with Gasteiger partial charge in [-0.15, -0.1) is 0 Å². The van der Waals surface area contributed by atoms with E-state index in [4.69, 9.17) is 9.47 Å². The molecule has 32 heavy (non-hydrogen) atoms. The highest BCUT2D eigenvalue weighted by Crippen LogP contribution is 2.28. The summed E-state index contributed by atoms with van der Waals surface area (Å²) in [5, 5.41) is 2.99. The average molecular weight is 505 g/mol. The van der Waals surface area contributed by atoms with Crippen molar-refractivity contribution < 1.29 is 19.1 Å². The van der Waals surface area contributed by atoms with E-state index in [0.29, 0.717) is 24.5 Å². The minimum Gasteiger partial charge on any atom is -0.493 e. The number of carbonyl (C=O) groups excluding carboxylic acids is 2. The largest absolute Gasteiger partial charge is 0.493 e. The summed E-state index contributed by atoms with van der Waals surface area (Å²) in [5.41, 5.74) is 1.94. The first-order valence-corrected chi connectivity index (χ1v) is 11.6. The van der Waals surface area contributed by atoms with Crippen molar-refractivity contribution in [2.24, 2.45) is 0 Å². The zero-order valence-electron chi connectivity index (χ0n) is 19.5. The van der Waals surface area contributed by atoms with Gasteiger partial charge >= 0.3 is 0 Å². The fourth-order valence-corrected chi connectivity index (χ4v) is 3.53. The molecule has 7 heteroatoms. The van der Waals surface area contributed by atoms with E-state index in [0.717, 1.165) is 22.0 Å². The molecule has 0 bridgehead atoms. The topological polar surface area (TPSA) is 67.9 Å². The zero-order chi connectivity index (χ0) is 23.7. The second-order valence-electron chi connectivity index (χ2n) is 7.83. The van der Waals surface area contributed by atoms with Gasteiger partial charge in [-0.2, -0.15) is 0 Å². The van der Waals surface area contributed by atoms with Gasteiger partial charge in [0.2, 0.25) is 11.8 Å². The number of carbonyl (C=O) groups is 2. The molecule has 0 saturated carbocycles. The van der Waals surface area contributed by atoms with Gasteiger partial charge in [0.15, 0.2) is 11.5 Å². The lowest BCUT2D eigenvalue weighted by molar-refractivity contribution is -0.140. The Labute approximate surface area is 199 Å². The Morgan fingerprint density at radius 1 is 1.00 bits per heavy atom. The Balaban J connectivity index is 2.17. The molecule has 0 aliphatic heterocycles. The highest BCUT2D eigenvalue weighted by molar-refractivity contribution is 9.10. The van der Waals surface area contributed by atoms with E-state index in [-0.39, 0.29) is 24.3 Å². The number of nitrogens with one attached hydrogen (secondary N) is 1. The van der Waals surface area contributed by atoms with Crippen molar-refractivity contribution in [3.05, 3.63) is 58.1 Å². The van der Waals surface area contributed by atoms with Crippen LogP contribution in [0.2, 0.25) is 0 Å². The van der Waals surface area contributed by atoms with Crippen molar-refractivity contribution >= 4 is 27.7 Å². The third-order valence-corrected chi connectivity index (χ3v) is 6.04. The standard InChI is InChI=1S/C25H33BrN2O4/c1-6-17(2)27-25(30)18(3)28(16-20-7-11-21(26)12-8-20)24(29)14-10-19-9-13-22(31-4)23(15-19)32-5/h7-9,11-13,15,17-18H,6,10,14,16H2,1-5H3,(H,27,30). The van der Waals surface area contributed by atoms with E-state index in [9.17, 15) is 9.59 Å². The first-order valence-electron chi connectivity index (χ1n) is 10.8. The van der Waals surface area contributed by atoms with E-state index in [1.165, 1.54) is 0 Å². The fourth-order valence-electron chi connectivity index (χ4n) is 3.27. The smallest absolute Gasteiger partial charge is 0.242 e. The molecule has 2 unspecified atom stereocenters. The number of nitrogens with zero attached hydrogens (tertiary/aromatic N) is 1. The number of amides is 2. The van der Waals surface area contributed by atoms with Crippen LogP contribution in [-0.4, -0.2) is 43.0 Å². The number of hydrogen-bond donors (Lipinski definition) is 1. The van der Waals surface area contributed by atoms with Crippen molar-refractivity contribution in [2.75, 3.05) is 14.2 Å². The molecule has 0 radical (unpaired) electrons. The summed E-state index contributed by atoms with van der Waals surface area (Å²) in [5.74, 6) is 1.06. The third kappa shape index (κ3) is 7.26. The lowest BCUT2D eigenvalue weighted by Crippen LogP contribution is -2.49. The summed E-state index contributed by atoms with van der Waals surface area (Å²) >= 11 is 3.44. The minimum atomic E-state index is -0.578. The van der Waals surface area contributed by atoms with Gasteiger partial charge in [-0.3, -0.25) is 9.59 Å². The molecule has 6 nitrogen and oxygen atoms in total. The Hall–Kier alpha value is -2.54. The Morgan fingerprint density at radius 2 is 1.62 bits per heavy atom. The van der Waals surface area contributed by atoms with Crippen LogP contribution >= 0.6 is 15.9 Å². The minimum absolute atomic E-state index is 0.0568. The molecule has 2 atom stereocenters. The molecule has 0 aliphatic carbocycles. The van der Waals surface area contributed by atoms with Crippen LogP contribution < -0.4 is 14.8 Å². The van der Waals surface area contributed by atoms with E-state index < -0.39 is 6.04 Å². The molecule has 2 amide bonds. The number of rotatable bonds is 11. The number of aryl methyl sites for hydroxylation is 1. The maximum absolute atomic E-state index is 13.2. The van der Waals surface area contributed by atoms with Gasteiger partial charge in [-0.1, -0.05) is 41.1 Å². The molecule has 2 aromatic carbocycles. The van der Waals surface area contributed by atoms with Gasteiger partial charge in [-0.05, 0) is 62.1 Å². The number of hydrogen-bond acceptors (Lipinski definition) is 4. The first kappa shape index (κ1) is 25.7. The molecule has 0 aromatic heterocycles. The van der Waals surface area contributed by atoms with E-state index in [2.05, 4.69) is 21.2 Å². The molecule has 2 aromatic rings. The SMILES string of the molecule is CCC(C)NC(=O)C(C)N(Cc1ccc(Br)cc1)C(=O)CCc1ccc(OC)c(OC)c1. The van der Waals surface area contributed by atoms with E-state index in [1.807, 2.05) is 56.3 Å². The van der Waals surface area contributed by atoms with Crippen molar-refractivity contribution in [2.45, 2.75) is 58.7 Å². The quantitative estimate of drug-likeness (QED) is 0.480. The van der Waals surface area contributed by atoms with Crippen molar-refractivity contribution in [1.29, 1.82) is 0 Å². The molecule has 0 saturated heterocycles. The van der Waals surface area contributed by atoms with Gasteiger partial charge in [0.05, 0.1) is 14.2 Å². The molecule has 0 spiro atoms. The van der Waals surface area contributed by atoms with Crippen molar-refractivity contribution in [1.82, 2.24) is 10.2 Å².